The van der Waals surface area contributed by atoms with Gasteiger partial charge in [0.15, 0.2) is 0 Å². The largest absolute Gasteiger partial charge is 0.340 e. The third kappa shape index (κ3) is 5.09. The Kier molecular flexibility index (Phi) is 8.51. The maximum atomic E-state index is 12.5. The van der Waals surface area contributed by atoms with Crippen LogP contribution < -0.4 is 5.32 Å². The van der Waals surface area contributed by atoms with E-state index in [-0.39, 0.29) is 30.7 Å². The fourth-order valence-electron chi connectivity index (χ4n) is 3.35. The molecular formula is C18H29Cl2N3O. The number of nitrogens with zero attached hydrogens (tertiary/aromatic N) is 2. The summed E-state index contributed by atoms with van der Waals surface area (Å²) in [6.07, 6.45) is 0. The third-order valence-electron chi connectivity index (χ3n) is 5.08. The molecule has 2 aliphatic rings. The van der Waals surface area contributed by atoms with Crippen molar-refractivity contribution < 1.29 is 4.79 Å². The molecular weight excluding hydrogens is 345 g/mol. The minimum atomic E-state index is 0. The Hall–Kier alpha value is -0.810. The number of benzene rings is 1. The molecule has 1 atom stereocenters. The van der Waals surface area contributed by atoms with Crippen molar-refractivity contribution in [1.29, 1.82) is 0 Å². The molecule has 1 unspecified atom stereocenters. The third-order valence-corrected chi connectivity index (χ3v) is 5.08. The topological polar surface area (TPSA) is 35.6 Å². The number of rotatable bonds is 4. The molecule has 24 heavy (non-hydrogen) atoms. The van der Waals surface area contributed by atoms with E-state index >= 15 is 0 Å². The first-order valence-corrected chi connectivity index (χ1v) is 8.41. The fourth-order valence-corrected chi connectivity index (χ4v) is 3.35. The Balaban J connectivity index is 0.00000144. The van der Waals surface area contributed by atoms with E-state index in [9.17, 15) is 4.79 Å². The van der Waals surface area contributed by atoms with Crippen LogP contribution >= 0.6 is 24.8 Å². The highest BCUT2D eigenvalue weighted by molar-refractivity contribution is 5.85. The van der Waals surface area contributed by atoms with Crippen LogP contribution in [0.1, 0.15) is 18.1 Å². The standard InChI is InChI=1S/C18H27N3O.2ClH/c1-14-4-3-5-16(10-14)13-20-6-8-21(9-7-20)18(22)15(2)17-11-19-12-17;;/h3-5,10,15,17,19H,6-9,11-13H2,1-2H3;2*1H. The van der Waals surface area contributed by atoms with Gasteiger partial charge in [-0.25, -0.2) is 0 Å². The molecule has 1 amide bonds. The highest BCUT2D eigenvalue weighted by Crippen LogP contribution is 2.19. The van der Waals surface area contributed by atoms with Crippen LogP contribution in [0.25, 0.3) is 0 Å². The number of amides is 1. The molecule has 1 N–H and O–H groups in total. The number of carbonyl (C=O) groups excluding carboxylic acids is 1. The van der Waals surface area contributed by atoms with E-state index in [4.69, 9.17) is 0 Å². The van der Waals surface area contributed by atoms with Crippen LogP contribution in [0.4, 0.5) is 0 Å². The summed E-state index contributed by atoms with van der Waals surface area (Å²) in [7, 11) is 0. The lowest BCUT2D eigenvalue weighted by Gasteiger charge is -2.39. The zero-order valence-electron chi connectivity index (χ0n) is 14.5. The normalized spacial score (nSPS) is 19.7. The Labute approximate surface area is 157 Å². The highest BCUT2D eigenvalue weighted by Gasteiger charge is 2.32. The molecule has 2 heterocycles. The molecule has 1 aromatic rings. The van der Waals surface area contributed by atoms with Gasteiger partial charge in [0.05, 0.1) is 0 Å². The van der Waals surface area contributed by atoms with Gasteiger partial charge in [-0.15, -0.1) is 24.8 Å². The molecule has 0 spiro atoms. The van der Waals surface area contributed by atoms with Gasteiger partial charge in [0.25, 0.3) is 0 Å². The van der Waals surface area contributed by atoms with Crippen molar-refractivity contribution in [2.75, 3.05) is 39.3 Å². The number of halogens is 2. The van der Waals surface area contributed by atoms with Gasteiger partial charge in [-0.3, -0.25) is 9.69 Å². The Bertz CT molecular complexity index is 529. The van der Waals surface area contributed by atoms with E-state index in [1.54, 1.807) is 0 Å². The SMILES string of the molecule is Cc1cccc(CN2CCN(C(=O)C(C)C3CNC3)CC2)c1.Cl.Cl. The second-order valence-electron chi connectivity index (χ2n) is 6.80. The number of aryl methyl sites for hydroxylation is 1. The minimum absolute atomic E-state index is 0. The van der Waals surface area contributed by atoms with Gasteiger partial charge in [0.1, 0.15) is 0 Å². The van der Waals surface area contributed by atoms with E-state index in [0.29, 0.717) is 11.8 Å². The average Bonchev–Trinajstić information content (AvgIpc) is 2.45. The first-order chi connectivity index (χ1) is 10.6. The maximum absolute atomic E-state index is 12.5. The van der Waals surface area contributed by atoms with E-state index < -0.39 is 0 Å². The van der Waals surface area contributed by atoms with Crippen molar-refractivity contribution in [3.05, 3.63) is 35.4 Å². The number of nitrogens with one attached hydrogen (secondary N) is 1. The molecule has 0 radical (unpaired) electrons. The molecule has 0 saturated carbocycles. The summed E-state index contributed by atoms with van der Waals surface area (Å²) in [6, 6.07) is 8.70. The molecule has 2 aliphatic heterocycles. The molecule has 0 bridgehead atoms. The number of hydrogen-bond donors (Lipinski definition) is 1. The number of carbonyl (C=O) groups is 1. The van der Waals surface area contributed by atoms with Gasteiger partial charge in [-0.1, -0.05) is 36.8 Å². The van der Waals surface area contributed by atoms with Gasteiger partial charge in [0, 0.05) is 38.6 Å². The van der Waals surface area contributed by atoms with Gasteiger partial charge in [0.2, 0.25) is 5.91 Å². The van der Waals surface area contributed by atoms with E-state index in [1.165, 1.54) is 11.1 Å². The summed E-state index contributed by atoms with van der Waals surface area (Å²) in [4.78, 5) is 17.0. The molecule has 2 saturated heterocycles. The van der Waals surface area contributed by atoms with E-state index in [2.05, 4.69) is 53.2 Å². The van der Waals surface area contributed by atoms with Crippen LogP contribution in [0.5, 0.6) is 0 Å². The number of piperazine rings is 1. The average molecular weight is 374 g/mol. The van der Waals surface area contributed by atoms with Gasteiger partial charge < -0.3 is 10.2 Å². The summed E-state index contributed by atoms with van der Waals surface area (Å²) in [5.74, 6) is 1.06. The monoisotopic (exact) mass is 373 g/mol. The van der Waals surface area contributed by atoms with Gasteiger partial charge in [-0.2, -0.15) is 0 Å². The molecule has 1 aromatic carbocycles. The molecule has 136 valence electrons. The fraction of sp³-hybridized carbons (Fsp3) is 0.611. The highest BCUT2D eigenvalue weighted by atomic mass is 35.5. The van der Waals surface area contributed by atoms with Crippen LogP contribution in [-0.4, -0.2) is 55.0 Å². The lowest BCUT2D eigenvalue weighted by atomic mass is 9.88. The molecule has 3 rings (SSSR count). The molecule has 0 aliphatic carbocycles. The Morgan fingerprint density at radius 3 is 2.42 bits per heavy atom. The van der Waals surface area contributed by atoms with Crippen LogP contribution in [0, 0.1) is 18.8 Å². The first kappa shape index (κ1) is 21.2. The zero-order chi connectivity index (χ0) is 15.5. The summed E-state index contributed by atoms with van der Waals surface area (Å²) < 4.78 is 0. The van der Waals surface area contributed by atoms with Gasteiger partial charge in [-0.05, 0) is 31.5 Å². The molecule has 6 heteroatoms. The van der Waals surface area contributed by atoms with Crippen molar-refractivity contribution in [3.8, 4) is 0 Å². The number of hydrogen-bond acceptors (Lipinski definition) is 3. The van der Waals surface area contributed by atoms with Crippen LogP contribution in [0.15, 0.2) is 24.3 Å². The second kappa shape index (κ2) is 9.62. The predicted molar refractivity (Wildman–Crippen MR) is 103 cm³/mol. The van der Waals surface area contributed by atoms with Crippen LogP contribution in [0.3, 0.4) is 0 Å². The van der Waals surface area contributed by atoms with Crippen molar-refractivity contribution in [3.63, 3.8) is 0 Å². The smallest absolute Gasteiger partial charge is 0.225 e. The maximum Gasteiger partial charge on any atom is 0.225 e. The van der Waals surface area contributed by atoms with Crippen molar-refractivity contribution >= 4 is 30.7 Å². The lowest BCUT2D eigenvalue weighted by Crippen LogP contribution is -2.54. The summed E-state index contributed by atoms with van der Waals surface area (Å²) >= 11 is 0. The van der Waals surface area contributed by atoms with Crippen molar-refractivity contribution in [2.45, 2.75) is 20.4 Å². The van der Waals surface area contributed by atoms with Crippen LogP contribution in [0.2, 0.25) is 0 Å². The Morgan fingerprint density at radius 1 is 1.21 bits per heavy atom. The minimum Gasteiger partial charge on any atom is -0.340 e. The predicted octanol–water partition coefficient (Wildman–Crippen LogP) is 2.34. The second-order valence-corrected chi connectivity index (χ2v) is 6.80. The molecule has 0 aromatic heterocycles. The summed E-state index contributed by atoms with van der Waals surface area (Å²) in [5.41, 5.74) is 2.68. The summed E-state index contributed by atoms with van der Waals surface area (Å²) in [5, 5.41) is 3.26. The quantitative estimate of drug-likeness (QED) is 0.879. The lowest BCUT2D eigenvalue weighted by molar-refractivity contribution is -0.139. The van der Waals surface area contributed by atoms with Crippen molar-refractivity contribution in [2.24, 2.45) is 11.8 Å². The van der Waals surface area contributed by atoms with Crippen LogP contribution in [-0.2, 0) is 11.3 Å². The van der Waals surface area contributed by atoms with E-state index in [0.717, 1.165) is 45.8 Å². The van der Waals surface area contributed by atoms with E-state index in [1.807, 2.05) is 0 Å². The first-order valence-electron chi connectivity index (χ1n) is 8.41. The summed E-state index contributed by atoms with van der Waals surface area (Å²) in [6.45, 7) is 10.9. The zero-order valence-corrected chi connectivity index (χ0v) is 16.2. The molecule has 4 nitrogen and oxygen atoms in total. The molecule has 2 fully saturated rings. The Morgan fingerprint density at radius 2 is 1.88 bits per heavy atom. The van der Waals surface area contributed by atoms with Gasteiger partial charge >= 0.3 is 0 Å². The van der Waals surface area contributed by atoms with Crippen molar-refractivity contribution in [1.82, 2.24) is 15.1 Å².